The van der Waals surface area contributed by atoms with E-state index in [-0.39, 0.29) is 5.91 Å². The van der Waals surface area contributed by atoms with E-state index in [0.29, 0.717) is 6.54 Å². The van der Waals surface area contributed by atoms with Gasteiger partial charge in [0.15, 0.2) is 0 Å². The molecule has 0 saturated carbocycles. The highest BCUT2D eigenvalue weighted by Gasteiger charge is 2.36. The average molecular weight is 338 g/mol. The number of carbonyl (C=O) groups is 1. The van der Waals surface area contributed by atoms with Gasteiger partial charge >= 0.3 is 0 Å². The lowest BCUT2D eigenvalue weighted by Crippen LogP contribution is -2.33. The van der Waals surface area contributed by atoms with E-state index < -0.39 is 0 Å². The second-order valence-electron chi connectivity index (χ2n) is 5.88. The molecule has 2 atom stereocenters. The van der Waals surface area contributed by atoms with Crippen LogP contribution in [-0.2, 0) is 4.79 Å². The van der Waals surface area contributed by atoms with Gasteiger partial charge in [-0.3, -0.25) is 9.69 Å². The van der Waals surface area contributed by atoms with Crippen LogP contribution in [0.3, 0.4) is 0 Å². The summed E-state index contributed by atoms with van der Waals surface area (Å²) in [7, 11) is 0. The van der Waals surface area contributed by atoms with Crippen LogP contribution in [0.15, 0.2) is 22.7 Å². The fraction of sp³-hybridized carbons (Fsp3) is 0.533. The summed E-state index contributed by atoms with van der Waals surface area (Å²) >= 11 is 3.43. The molecule has 2 saturated heterocycles. The zero-order valence-corrected chi connectivity index (χ0v) is 13.2. The number of hydrogen-bond donors (Lipinski definition) is 2. The largest absolute Gasteiger partial charge is 0.325 e. The topological polar surface area (TPSA) is 44.4 Å². The third-order valence-electron chi connectivity index (χ3n) is 4.29. The smallest absolute Gasteiger partial charge is 0.238 e. The van der Waals surface area contributed by atoms with Gasteiger partial charge in [0.2, 0.25) is 5.91 Å². The van der Waals surface area contributed by atoms with Crippen LogP contribution < -0.4 is 10.6 Å². The Kier molecular flexibility index (Phi) is 4.10. The van der Waals surface area contributed by atoms with Gasteiger partial charge in [-0.05, 0) is 55.6 Å². The highest BCUT2D eigenvalue weighted by atomic mass is 79.9. The molecule has 0 spiro atoms. The average Bonchev–Trinajstić information content (AvgIpc) is 2.93. The lowest BCUT2D eigenvalue weighted by molar-refractivity contribution is -0.117. The van der Waals surface area contributed by atoms with Crippen LogP contribution in [0.4, 0.5) is 5.69 Å². The van der Waals surface area contributed by atoms with Crippen molar-refractivity contribution in [3.8, 4) is 0 Å². The van der Waals surface area contributed by atoms with Gasteiger partial charge in [0.1, 0.15) is 0 Å². The lowest BCUT2D eigenvalue weighted by Gasteiger charge is -2.17. The Bertz CT molecular complexity index is 508. The molecule has 2 heterocycles. The van der Waals surface area contributed by atoms with Crippen molar-refractivity contribution in [2.45, 2.75) is 6.92 Å². The molecule has 1 amide bonds. The molecule has 0 aromatic heterocycles. The minimum absolute atomic E-state index is 0.0864. The van der Waals surface area contributed by atoms with Crippen LogP contribution in [0.25, 0.3) is 0 Å². The fourth-order valence-corrected chi connectivity index (χ4v) is 3.72. The van der Waals surface area contributed by atoms with Crippen molar-refractivity contribution in [3.05, 3.63) is 28.2 Å². The second-order valence-corrected chi connectivity index (χ2v) is 6.80. The highest BCUT2D eigenvalue weighted by Crippen LogP contribution is 2.26. The van der Waals surface area contributed by atoms with E-state index in [1.807, 2.05) is 25.1 Å². The van der Waals surface area contributed by atoms with E-state index in [9.17, 15) is 4.79 Å². The van der Waals surface area contributed by atoms with E-state index in [1.54, 1.807) is 0 Å². The van der Waals surface area contributed by atoms with Crippen LogP contribution >= 0.6 is 15.9 Å². The molecule has 2 aliphatic heterocycles. The molecule has 2 fully saturated rings. The van der Waals surface area contributed by atoms with Gasteiger partial charge in [0.25, 0.3) is 0 Å². The summed E-state index contributed by atoms with van der Waals surface area (Å²) in [5.74, 6) is 1.55. The van der Waals surface area contributed by atoms with E-state index >= 15 is 0 Å². The summed E-state index contributed by atoms with van der Waals surface area (Å²) in [4.78, 5) is 14.4. The molecule has 2 N–H and O–H groups in total. The molecule has 0 aliphatic carbocycles. The third-order valence-corrected chi connectivity index (χ3v) is 4.79. The summed E-state index contributed by atoms with van der Waals surface area (Å²) in [6.45, 7) is 6.81. The number of rotatable bonds is 3. The molecule has 0 unspecified atom stereocenters. The second kappa shape index (κ2) is 5.84. The van der Waals surface area contributed by atoms with Crippen molar-refractivity contribution >= 4 is 27.5 Å². The van der Waals surface area contributed by atoms with Crippen LogP contribution in [-0.4, -0.2) is 43.5 Å². The van der Waals surface area contributed by atoms with Crippen molar-refractivity contribution in [1.29, 1.82) is 0 Å². The Morgan fingerprint density at radius 2 is 2.10 bits per heavy atom. The maximum atomic E-state index is 12.1. The van der Waals surface area contributed by atoms with Gasteiger partial charge in [-0.15, -0.1) is 0 Å². The van der Waals surface area contributed by atoms with Crippen molar-refractivity contribution < 1.29 is 4.79 Å². The monoisotopic (exact) mass is 337 g/mol. The first kappa shape index (κ1) is 14.0. The number of fused-ring (bicyclic) bond motifs is 1. The number of likely N-dealkylation sites (tertiary alicyclic amines) is 1. The Hall–Kier alpha value is -0.910. The van der Waals surface area contributed by atoms with Crippen molar-refractivity contribution in [1.82, 2.24) is 10.2 Å². The molecule has 1 aromatic carbocycles. The summed E-state index contributed by atoms with van der Waals surface area (Å²) in [5, 5.41) is 6.43. The molecular weight excluding hydrogens is 318 g/mol. The number of amides is 1. The van der Waals surface area contributed by atoms with Gasteiger partial charge in [0.05, 0.1) is 6.54 Å². The first-order valence-corrected chi connectivity index (χ1v) is 7.90. The van der Waals surface area contributed by atoms with Gasteiger partial charge in [0, 0.05) is 23.2 Å². The predicted octanol–water partition coefficient (Wildman–Crippen LogP) is 1.85. The zero-order valence-electron chi connectivity index (χ0n) is 11.7. The first-order chi connectivity index (χ1) is 9.61. The minimum Gasteiger partial charge on any atom is -0.325 e. The Balaban J connectivity index is 1.55. The van der Waals surface area contributed by atoms with E-state index in [1.165, 1.54) is 0 Å². The Morgan fingerprint density at radius 1 is 1.40 bits per heavy atom. The number of hydrogen-bond acceptors (Lipinski definition) is 3. The number of nitrogens with one attached hydrogen (secondary N) is 2. The molecule has 5 heteroatoms. The molecule has 0 radical (unpaired) electrons. The Labute approximate surface area is 128 Å². The lowest BCUT2D eigenvalue weighted by atomic mass is 10.0. The molecule has 1 aromatic rings. The fourth-order valence-electron chi connectivity index (χ4n) is 3.24. The quantitative estimate of drug-likeness (QED) is 0.884. The van der Waals surface area contributed by atoms with Crippen LogP contribution in [0.2, 0.25) is 0 Å². The van der Waals surface area contributed by atoms with E-state index in [4.69, 9.17) is 0 Å². The van der Waals surface area contributed by atoms with Crippen molar-refractivity contribution in [2.24, 2.45) is 11.8 Å². The van der Waals surface area contributed by atoms with Crippen LogP contribution in [0.5, 0.6) is 0 Å². The van der Waals surface area contributed by atoms with E-state index in [0.717, 1.165) is 53.7 Å². The van der Waals surface area contributed by atoms with Crippen molar-refractivity contribution in [2.75, 3.05) is 38.0 Å². The SMILES string of the molecule is Cc1cc(Br)ccc1NC(=O)CN1C[C@H]2CNC[C@H]2C1. The summed E-state index contributed by atoms with van der Waals surface area (Å²) in [5.41, 5.74) is 1.98. The molecule has 4 nitrogen and oxygen atoms in total. The Morgan fingerprint density at radius 3 is 2.75 bits per heavy atom. The molecule has 0 bridgehead atoms. The highest BCUT2D eigenvalue weighted by molar-refractivity contribution is 9.10. The van der Waals surface area contributed by atoms with Gasteiger partial charge < -0.3 is 10.6 Å². The maximum Gasteiger partial charge on any atom is 0.238 e. The van der Waals surface area contributed by atoms with Crippen LogP contribution in [0, 0.1) is 18.8 Å². The zero-order chi connectivity index (χ0) is 14.1. The number of aryl methyl sites for hydroxylation is 1. The standard InChI is InChI=1S/C15H20BrN3O/c1-10-4-13(16)2-3-14(10)18-15(20)9-19-7-11-5-17-6-12(11)8-19/h2-4,11-12,17H,5-9H2,1H3,(H,18,20)/t11-,12+. The molecule has 3 rings (SSSR count). The molecule has 108 valence electrons. The number of benzene rings is 1. The molecule has 20 heavy (non-hydrogen) atoms. The number of nitrogens with zero attached hydrogens (tertiary/aromatic N) is 1. The maximum absolute atomic E-state index is 12.1. The van der Waals surface area contributed by atoms with Crippen molar-refractivity contribution in [3.63, 3.8) is 0 Å². The van der Waals surface area contributed by atoms with Gasteiger partial charge in [-0.25, -0.2) is 0 Å². The summed E-state index contributed by atoms with van der Waals surface area (Å²) in [6.07, 6.45) is 0. The number of halogens is 1. The third kappa shape index (κ3) is 3.05. The summed E-state index contributed by atoms with van der Waals surface area (Å²) < 4.78 is 1.04. The van der Waals surface area contributed by atoms with Crippen LogP contribution in [0.1, 0.15) is 5.56 Å². The van der Waals surface area contributed by atoms with E-state index in [2.05, 4.69) is 31.5 Å². The number of anilines is 1. The predicted molar refractivity (Wildman–Crippen MR) is 83.8 cm³/mol. The minimum atomic E-state index is 0.0864. The molecule has 2 aliphatic rings. The van der Waals surface area contributed by atoms with Gasteiger partial charge in [-0.1, -0.05) is 15.9 Å². The van der Waals surface area contributed by atoms with Gasteiger partial charge in [-0.2, -0.15) is 0 Å². The normalized spacial score (nSPS) is 25.7. The summed E-state index contributed by atoms with van der Waals surface area (Å²) in [6, 6.07) is 5.91. The number of carbonyl (C=O) groups excluding carboxylic acids is 1. The molecular formula is C15H20BrN3O. The first-order valence-electron chi connectivity index (χ1n) is 7.11.